The predicted molar refractivity (Wildman–Crippen MR) is 64.5 cm³/mol. The van der Waals surface area contributed by atoms with Gasteiger partial charge in [0.1, 0.15) is 6.54 Å². The molecule has 0 radical (unpaired) electrons. The fourth-order valence-electron chi connectivity index (χ4n) is 1.45. The molecule has 1 heterocycles. The number of halogens is 1. The SMILES string of the molecule is O=C1CN(c2ccccc2I)C(=O)CN1. The molecular weight excluding hydrogens is 307 g/mol. The van der Waals surface area contributed by atoms with E-state index in [4.69, 9.17) is 0 Å². The number of anilines is 1. The summed E-state index contributed by atoms with van der Waals surface area (Å²) in [6.07, 6.45) is 0. The Hall–Kier alpha value is -1.11. The lowest BCUT2D eigenvalue weighted by molar-refractivity contribution is -0.128. The minimum absolute atomic E-state index is 0.0706. The van der Waals surface area contributed by atoms with Crippen LogP contribution in [0.4, 0.5) is 5.69 Å². The number of hydrogen-bond acceptors (Lipinski definition) is 2. The van der Waals surface area contributed by atoms with Crippen molar-refractivity contribution in [3.63, 3.8) is 0 Å². The number of rotatable bonds is 1. The zero-order valence-electron chi connectivity index (χ0n) is 7.87. The standard InChI is InChI=1S/C10H9IN2O2/c11-7-3-1-2-4-8(7)13-6-9(14)12-5-10(13)15/h1-4H,5-6H2,(H,12,14). The van der Waals surface area contributed by atoms with Crippen molar-refractivity contribution in [1.29, 1.82) is 0 Å². The molecule has 0 spiro atoms. The van der Waals surface area contributed by atoms with Gasteiger partial charge in [0.05, 0.1) is 12.2 Å². The number of amides is 2. The highest BCUT2D eigenvalue weighted by Gasteiger charge is 2.25. The van der Waals surface area contributed by atoms with Gasteiger partial charge in [-0.05, 0) is 34.7 Å². The maximum Gasteiger partial charge on any atom is 0.246 e. The van der Waals surface area contributed by atoms with Gasteiger partial charge in [-0.15, -0.1) is 0 Å². The smallest absolute Gasteiger partial charge is 0.246 e. The third-order valence-corrected chi connectivity index (χ3v) is 3.10. The van der Waals surface area contributed by atoms with Crippen LogP contribution in [0.5, 0.6) is 0 Å². The minimum atomic E-state index is -0.116. The predicted octanol–water partition coefficient (Wildman–Crippen LogP) is 0.754. The summed E-state index contributed by atoms with van der Waals surface area (Å²) in [5, 5.41) is 2.52. The van der Waals surface area contributed by atoms with Gasteiger partial charge in [0, 0.05) is 3.57 Å². The number of carbonyl (C=O) groups is 2. The Labute approximate surface area is 101 Å². The van der Waals surface area contributed by atoms with Gasteiger partial charge in [-0.3, -0.25) is 9.59 Å². The van der Waals surface area contributed by atoms with Gasteiger partial charge >= 0.3 is 0 Å². The van der Waals surface area contributed by atoms with Gasteiger partial charge in [0.2, 0.25) is 11.8 Å². The van der Waals surface area contributed by atoms with Gasteiger partial charge < -0.3 is 10.2 Å². The monoisotopic (exact) mass is 316 g/mol. The van der Waals surface area contributed by atoms with E-state index < -0.39 is 0 Å². The van der Waals surface area contributed by atoms with Crippen LogP contribution in [0.15, 0.2) is 24.3 Å². The molecule has 1 aliphatic rings. The average Bonchev–Trinajstić information content (AvgIpc) is 2.23. The summed E-state index contributed by atoms with van der Waals surface area (Å²) in [4.78, 5) is 24.3. The molecule has 0 bridgehead atoms. The molecule has 0 unspecified atom stereocenters. The van der Waals surface area contributed by atoms with E-state index in [0.29, 0.717) is 0 Å². The van der Waals surface area contributed by atoms with Crippen molar-refractivity contribution < 1.29 is 9.59 Å². The van der Waals surface area contributed by atoms with Crippen LogP contribution >= 0.6 is 22.6 Å². The molecule has 15 heavy (non-hydrogen) atoms. The Balaban J connectivity index is 2.33. The highest BCUT2D eigenvalue weighted by molar-refractivity contribution is 14.1. The minimum Gasteiger partial charge on any atom is -0.345 e. The Bertz CT molecular complexity index is 420. The average molecular weight is 316 g/mol. The van der Waals surface area contributed by atoms with Crippen LogP contribution in [-0.4, -0.2) is 24.9 Å². The van der Waals surface area contributed by atoms with Crippen molar-refractivity contribution in [1.82, 2.24) is 5.32 Å². The third kappa shape index (κ3) is 2.11. The second kappa shape index (κ2) is 4.18. The number of benzene rings is 1. The molecule has 4 nitrogen and oxygen atoms in total. The van der Waals surface area contributed by atoms with E-state index in [9.17, 15) is 9.59 Å². The summed E-state index contributed by atoms with van der Waals surface area (Å²) in [7, 11) is 0. The quantitative estimate of drug-likeness (QED) is 0.778. The van der Waals surface area contributed by atoms with Crippen molar-refractivity contribution in [3.05, 3.63) is 27.8 Å². The topological polar surface area (TPSA) is 49.4 Å². The molecule has 2 amide bonds. The van der Waals surface area contributed by atoms with Crippen LogP contribution in [0.1, 0.15) is 0 Å². The second-order valence-electron chi connectivity index (χ2n) is 3.21. The maximum atomic E-state index is 11.6. The fourth-order valence-corrected chi connectivity index (χ4v) is 2.13. The highest BCUT2D eigenvalue weighted by atomic mass is 127. The largest absolute Gasteiger partial charge is 0.345 e. The van der Waals surface area contributed by atoms with Crippen molar-refractivity contribution >= 4 is 40.1 Å². The first kappa shape index (κ1) is 10.4. The van der Waals surface area contributed by atoms with E-state index in [1.54, 1.807) is 0 Å². The van der Waals surface area contributed by atoms with E-state index in [-0.39, 0.29) is 24.9 Å². The maximum absolute atomic E-state index is 11.6. The Kier molecular flexibility index (Phi) is 2.90. The first-order valence-corrected chi connectivity index (χ1v) is 5.58. The molecule has 0 aromatic heterocycles. The zero-order chi connectivity index (χ0) is 10.8. The molecule has 0 saturated carbocycles. The lowest BCUT2D eigenvalue weighted by atomic mass is 10.2. The molecule has 1 aromatic rings. The van der Waals surface area contributed by atoms with Crippen molar-refractivity contribution in [3.8, 4) is 0 Å². The molecule has 5 heteroatoms. The first-order valence-electron chi connectivity index (χ1n) is 4.50. The van der Waals surface area contributed by atoms with Crippen molar-refractivity contribution in [2.45, 2.75) is 0 Å². The van der Waals surface area contributed by atoms with Gasteiger partial charge in [0.25, 0.3) is 0 Å². The van der Waals surface area contributed by atoms with Crippen LogP contribution < -0.4 is 10.2 Å². The van der Waals surface area contributed by atoms with Crippen molar-refractivity contribution in [2.24, 2.45) is 0 Å². The van der Waals surface area contributed by atoms with E-state index in [1.807, 2.05) is 24.3 Å². The summed E-state index contributed by atoms with van der Waals surface area (Å²) in [5.74, 6) is -0.187. The highest BCUT2D eigenvalue weighted by Crippen LogP contribution is 2.22. The van der Waals surface area contributed by atoms with Gasteiger partial charge in [-0.1, -0.05) is 12.1 Å². The second-order valence-corrected chi connectivity index (χ2v) is 4.37. The lowest BCUT2D eigenvalue weighted by Crippen LogP contribution is -2.51. The van der Waals surface area contributed by atoms with E-state index >= 15 is 0 Å². The molecule has 0 atom stereocenters. The molecule has 1 aromatic carbocycles. The van der Waals surface area contributed by atoms with Crippen LogP contribution in [-0.2, 0) is 9.59 Å². The third-order valence-electron chi connectivity index (χ3n) is 2.18. The molecule has 1 N–H and O–H groups in total. The van der Waals surface area contributed by atoms with E-state index in [2.05, 4.69) is 27.9 Å². The van der Waals surface area contributed by atoms with E-state index in [1.165, 1.54) is 4.90 Å². The zero-order valence-corrected chi connectivity index (χ0v) is 10.0. The normalized spacial score (nSPS) is 16.5. The number of para-hydroxylation sites is 1. The molecular formula is C10H9IN2O2. The molecule has 1 aliphatic heterocycles. The molecule has 2 rings (SSSR count). The summed E-state index contributed by atoms with van der Waals surface area (Å²) < 4.78 is 0.971. The van der Waals surface area contributed by atoms with Crippen LogP contribution in [0.25, 0.3) is 0 Å². The molecule has 0 aliphatic carbocycles. The molecule has 78 valence electrons. The Morgan fingerprint density at radius 3 is 2.73 bits per heavy atom. The number of carbonyl (C=O) groups excluding carboxylic acids is 2. The molecule has 1 fully saturated rings. The van der Waals surface area contributed by atoms with Crippen LogP contribution in [0.2, 0.25) is 0 Å². The first-order chi connectivity index (χ1) is 7.18. The Morgan fingerprint density at radius 1 is 1.27 bits per heavy atom. The summed E-state index contributed by atoms with van der Waals surface area (Å²) in [6.45, 7) is 0.197. The summed E-state index contributed by atoms with van der Waals surface area (Å²) >= 11 is 2.15. The number of hydrogen-bond donors (Lipinski definition) is 1. The number of nitrogens with zero attached hydrogens (tertiary/aromatic N) is 1. The van der Waals surface area contributed by atoms with Crippen molar-refractivity contribution in [2.75, 3.05) is 18.0 Å². The Morgan fingerprint density at radius 2 is 2.00 bits per heavy atom. The lowest BCUT2D eigenvalue weighted by Gasteiger charge is -2.27. The molecule has 1 saturated heterocycles. The number of nitrogens with one attached hydrogen (secondary N) is 1. The van der Waals surface area contributed by atoms with Gasteiger partial charge in [-0.2, -0.15) is 0 Å². The number of piperazine rings is 1. The van der Waals surface area contributed by atoms with Gasteiger partial charge in [0.15, 0.2) is 0 Å². The van der Waals surface area contributed by atoms with E-state index in [0.717, 1.165) is 9.26 Å². The fraction of sp³-hybridized carbons (Fsp3) is 0.200. The van der Waals surface area contributed by atoms with Crippen LogP contribution in [0.3, 0.4) is 0 Å². The summed E-state index contributed by atoms with van der Waals surface area (Å²) in [5.41, 5.74) is 0.804. The van der Waals surface area contributed by atoms with Gasteiger partial charge in [-0.25, -0.2) is 0 Å². The summed E-state index contributed by atoms with van der Waals surface area (Å²) in [6, 6.07) is 7.52. The van der Waals surface area contributed by atoms with Crippen LogP contribution in [0, 0.1) is 3.57 Å².